The molecule has 1 aromatic heterocycles. The Morgan fingerprint density at radius 3 is 2.50 bits per heavy atom. The molecule has 0 aliphatic carbocycles. The van der Waals surface area contributed by atoms with E-state index in [9.17, 15) is 0 Å². The van der Waals surface area contributed by atoms with Crippen LogP contribution in [0.1, 0.15) is 26.6 Å². The van der Waals surface area contributed by atoms with Crippen molar-refractivity contribution in [3.05, 3.63) is 11.9 Å². The zero-order valence-corrected chi connectivity index (χ0v) is 11.9. The van der Waals surface area contributed by atoms with E-state index in [2.05, 4.69) is 34.0 Å². The van der Waals surface area contributed by atoms with Crippen LogP contribution >= 0.6 is 0 Å². The minimum Gasteiger partial charge on any atom is -0.476 e. The number of nitrogens with one attached hydrogen (secondary N) is 1. The van der Waals surface area contributed by atoms with Gasteiger partial charge in [0.15, 0.2) is 0 Å². The summed E-state index contributed by atoms with van der Waals surface area (Å²) in [6.07, 6.45) is 0.807. The molecule has 0 saturated carbocycles. The molecular formula is C13H24N4O. The highest BCUT2D eigenvalue weighted by atomic mass is 16.5. The Balaban J connectivity index is 2.55. The van der Waals surface area contributed by atoms with Crippen LogP contribution in [0.25, 0.3) is 0 Å². The van der Waals surface area contributed by atoms with Gasteiger partial charge in [0.05, 0.1) is 0 Å². The molecule has 0 spiro atoms. The van der Waals surface area contributed by atoms with Gasteiger partial charge in [0, 0.05) is 26.1 Å². The summed E-state index contributed by atoms with van der Waals surface area (Å²) in [4.78, 5) is 11.0. The highest BCUT2D eigenvalue weighted by Crippen LogP contribution is 2.13. The highest BCUT2D eigenvalue weighted by molar-refractivity contribution is 5.37. The third-order valence-electron chi connectivity index (χ3n) is 2.87. The molecule has 1 rings (SSSR count). The fraction of sp³-hybridized carbons (Fsp3) is 0.692. The van der Waals surface area contributed by atoms with Crippen molar-refractivity contribution in [3.63, 3.8) is 0 Å². The number of rotatable bonds is 8. The van der Waals surface area contributed by atoms with Crippen LogP contribution in [0, 0.1) is 0 Å². The summed E-state index contributed by atoms with van der Waals surface area (Å²) in [5.41, 5.74) is 0. The predicted molar refractivity (Wildman–Crippen MR) is 74.2 cm³/mol. The van der Waals surface area contributed by atoms with E-state index >= 15 is 0 Å². The summed E-state index contributed by atoms with van der Waals surface area (Å²) in [5.74, 6) is 2.26. The number of ether oxygens (including phenoxy) is 1. The average molecular weight is 252 g/mol. The van der Waals surface area contributed by atoms with Crippen molar-refractivity contribution in [1.82, 2.24) is 14.9 Å². The molecule has 0 unspecified atom stereocenters. The van der Waals surface area contributed by atoms with Crippen molar-refractivity contribution in [1.29, 1.82) is 0 Å². The minimum atomic E-state index is 0.651. The largest absolute Gasteiger partial charge is 0.476 e. The molecule has 18 heavy (non-hydrogen) atoms. The molecule has 5 heteroatoms. The van der Waals surface area contributed by atoms with E-state index in [1.165, 1.54) is 0 Å². The predicted octanol–water partition coefficient (Wildman–Crippen LogP) is 1.80. The van der Waals surface area contributed by atoms with Gasteiger partial charge < -0.3 is 15.0 Å². The normalized spacial score (nSPS) is 10.7. The van der Waals surface area contributed by atoms with E-state index in [4.69, 9.17) is 4.74 Å². The first-order valence-corrected chi connectivity index (χ1v) is 6.64. The number of aromatic nitrogens is 2. The molecule has 0 bridgehead atoms. The smallest absolute Gasteiger partial charge is 0.218 e. The van der Waals surface area contributed by atoms with Crippen LogP contribution in [0.2, 0.25) is 0 Å². The quantitative estimate of drug-likeness (QED) is 0.764. The number of likely N-dealkylation sites (N-methyl/N-ethyl adjacent to an activating group) is 1. The lowest BCUT2D eigenvalue weighted by molar-refractivity contribution is 0.217. The van der Waals surface area contributed by atoms with Gasteiger partial charge in [0.2, 0.25) is 5.88 Å². The molecule has 0 radical (unpaired) electrons. The van der Waals surface area contributed by atoms with E-state index in [0.29, 0.717) is 12.5 Å². The second-order valence-corrected chi connectivity index (χ2v) is 3.99. The van der Waals surface area contributed by atoms with E-state index < -0.39 is 0 Å². The molecule has 0 aliphatic rings. The second kappa shape index (κ2) is 7.87. The number of anilines is 1. The fourth-order valence-electron chi connectivity index (χ4n) is 1.65. The van der Waals surface area contributed by atoms with Crippen LogP contribution in [-0.4, -0.2) is 48.2 Å². The molecule has 0 fully saturated rings. The molecule has 0 atom stereocenters. The topological polar surface area (TPSA) is 50.3 Å². The lowest BCUT2D eigenvalue weighted by atomic mass is 10.4. The zero-order chi connectivity index (χ0) is 13.4. The van der Waals surface area contributed by atoms with Gasteiger partial charge in [-0.25, -0.2) is 4.98 Å². The van der Waals surface area contributed by atoms with Gasteiger partial charge in [0.1, 0.15) is 18.2 Å². The Morgan fingerprint density at radius 1 is 1.22 bits per heavy atom. The van der Waals surface area contributed by atoms with E-state index in [1.54, 1.807) is 0 Å². The summed E-state index contributed by atoms with van der Waals surface area (Å²) in [7, 11) is 1.85. The lowest BCUT2D eigenvalue weighted by Crippen LogP contribution is -2.28. The summed E-state index contributed by atoms with van der Waals surface area (Å²) >= 11 is 0. The van der Waals surface area contributed by atoms with Crippen LogP contribution in [0.3, 0.4) is 0 Å². The van der Waals surface area contributed by atoms with Gasteiger partial charge in [-0.3, -0.25) is 0 Å². The lowest BCUT2D eigenvalue weighted by Gasteiger charge is -2.17. The van der Waals surface area contributed by atoms with Crippen LogP contribution in [0.15, 0.2) is 6.07 Å². The summed E-state index contributed by atoms with van der Waals surface area (Å²) in [5, 5.41) is 3.02. The van der Waals surface area contributed by atoms with E-state index in [-0.39, 0.29) is 0 Å². The van der Waals surface area contributed by atoms with Crippen molar-refractivity contribution in [3.8, 4) is 5.88 Å². The number of aryl methyl sites for hydroxylation is 1. The third kappa shape index (κ3) is 4.49. The first-order chi connectivity index (χ1) is 8.73. The fourth-order valence-corrected chi connectivity index (χ4v) is 1.65. The SMILES string of the molecule is CCc1nc(NC)cc(OCCN(CC)CC)n1. The molecular weight excluding hydrogens is 228 g/mol. The second-order valence-electron chi connectivity index (χ2n) is 3.99. The maximum atomic E-state index is 5.69. The van der Waals surface area contributed by atoms with Crippen LogP contribution in [-0.2, 0) is 6.42 Å². The Hall–Kier alpha value is -1.36. The summed E-state index contributed by atoms with van der Waals surface area (Å²) in [6, 6.07) is 1.83. The Morgan fingerprint density at radius 2 is 1.94 bits per heavy atom. The van der Waals surface area contributed by atoms with Gasteiger partial charge in [-0.1, -0.05) is 20.8 Å². The summed E-state index contributed by atoms with van der Waals surface area (Å²) < 4.78 is 5.69. The highest BCUT2D eigenvalue weighted by Gasteiger charge is 2.04. The molecule has 0 amide bonds. The van der Waals surface area contributed by atoms with Crippen molar-refractivity contribution < 1.29 is 4.74 Å². The van der Waals surface area contributed by atoms with E-state index in [0.717, 1.165) is 37.7 Å². The van der Waals surface area contributed by atoms with Crippen LogP contribution in [0.5, 0.6) is 5.88 Å². The number of hydrogen-bond donors (Lipinski definition) is 1. The van der Waals surface area contributed by atoms with Crippen LogP contribution < -0.4 is 10.1 Å². The summed E-state index contributed by atoms with van der Waals surface area (Å²) in [6.45, 7) is 10.0. The Kier molecular flexibility index (Phi) is 6.43. The Labute approximate surface area is 110 Å². The standard InChI is InChI=1S/C13H24N4O/c1-5-11-15-12(14-4)10-13(16-11)18-9-8-17(6-2)7-3/h10H,5-9H2,1-4H3,(H,14,15,16). The molecule has 5 nitrogen and oxygen atoms in total. The number of hydrogen-bond acceptors (Lipinski definition) is 5. The molecule has 0 aromatic carbocycles. The molecule has 1 heterocycles. The third-order valence-corrected chi connectivity index (χ3v) is 2.87. The van der Waals surface area contributed by atoms with Crippen molar-refractivity contribution in [2.24, 2.45) is 0 Å². The van der Waals surface area contributed by atoms with Crippen molar-refractivity contribution >= 4 is 5.82 Å². The maximum absolute atomic E-state index is 5.69. The maximum Gasteiger partial charge on any atom is 0.218 e. The molecule has 0 saturated heterocycles. The molecule has 102 valence electrons. The molecule has 0 aliphatic heterocycles. The molecule has 1 aromatic rings. The monoisotopic (exact) mass is 252 g/mol. The van der Waals surface area contributed by atoms with Crippen LogP contribution in [0.4, 0.5) is 5.82 Å². The van der Waals surface area contributed by atoms with Gasteiger partial charge in [-0.2, -0.15) is 4.98 Å². The first kappa shape index (κ1) is 14.7. The van der Waals surface area contributed by atoms with Gasteiger partial charge in [-0.05, 0) is 13.1 Å². The van der Waals surface area contributed by atoms with E-state index in [1.807, 2.05) is 20.0 Å². The van der Waals surface area contributed by atoms with Gasteiger partial charge in [0.25, 0.3) is 0 Å². The first-order valence-electron chi connectivity index (χ1n) is 6.64. The average Bonchev–Trinajstić information content (AvgIpc) is 2.43. The van der Waals surface area contributed by atoms with Crippen molar-refractivity contribution in [2.75, 3.05) is 38.6 Å². The minimum absolute atomic E-state index is 0.651. The number of nitrogens with zero attached hydrogens (tertiary/aromatic N) is 3. The van der Waals surface area contributed by atoms with Gasteiger partial charge in [-0.15, -0.1) is 0 Å². The zero-order valence-electron chi connectivity index (χ0n) is 11.9. The molecule has 1 N–H and O–H groups in total. The van der Waals surface area contributed by atoms with Crippen molar-refractivity contribution in [2.45, 2.75) is 27.2 Å². The Bertz CT molecular complexity index is 331. The van der Waals surface area contributed by atoms with Gasteiger partial charge >= 0.3 is 0 Å².